The highest BCUT2D eigenvalue weighted by Gasteiger charge is 2.06. The molecule has 0 aliphatic rings. The van der Waals surface area contributed by atoms with E-state index in [1.807, 2.05) is 18.2 Å². The van der Waals surface area contributed by atoms with E-state index in [2.05, 4.69) is 20.9 Å². The Morgan fingerprint density at radius 2 is 2.27 bits per heavy atom. The lowest BCUT2D eigenvalue weighted by molar-refractivity contribution is 1.02. The lowest BCUT2D eigenvalue weighted by Gasteiger charge is -2.07. The van der Waals surface area contributed by atoms with Gasteiger partial charge in [-0.25, -0.2) is 4.98 Å². The number of halogens is 1. The van der Waals surface area contributed by atoms with E-state index in [9.17, 15) is 0 Å². The van der Waals surface area contributed by atoms with Crippen LogP contribution >= 0.6 is 15.9 Å². The zero-order valence-electron chi connectivity index (χ0n) is 7.68. The molecule has 0 bridgehead atoms. The van der Waals surface area contributed by atoms with Gasteiger partial charge in [-0.3, -0.25) is 4.57 Å². The molecular weight excluding hydrogens is 256 g/mol. The lowest BCUT2D eigenvalue weighted by atomic mass is 10.2. The first-order valence-corrected chi connectivity index (χ1v) is 5.00. The summed E-state index contributed by atoms with van der Waals surface area (Å²) in [6.45, 7) is 0. The first kappa shape index (κ1) is 9.74. The summed E-state index contributed by atoms with van der Waals surface area (Å²) in [7, 11) is 0. The van der Waals surface area contributed by atoms with Crippen LogP contribution in [0, 0.1) is 11.3 Å². The molecule has 5 heteroatoms. The van der Waals surface area contributed by atoms with Crippen LogP contribution in [0.4, 0.5) is 5.69 Å². The Hall–Kier alpha value is -1.80. The molecular formula is C10H7BrN4. The van der Waals surface area contributed by atoms with Crippen LogP contribution in [0.5, 0.6) is 0 Å². The third-order valence-electron chi connectivity index (χ3n) is 1.99. The van der Waals surface area contributed by atoms with Gasteiger partial charge < -0.3 is 5.73 Å². The van der Waals surface area contributed by atoms with Crippen LogP contribution in [-0.4, -0.2) is 9.55 Å². The summed E-state index contributed by atoms with van der Waals surface area (Å²) >= 11 is 3.33. The SMILES string of the molecule is N#Cc1nccn1-c1ccc(Br)cc1N. The molecule has 2 N–H and O–H groups in total. The molecule has 0 spiro atoms. The number of nitrogens with zero attached hydrogens (tertiary/aromatic N) is 3. The Kier molecular flexibility index (Phi) is 2.44. The molecule has 0 fully saturated rings. The van der Waals surface area contributed by atoms with Gasteiger partial charge in [-0.1, -0.05) is 15.9 Å². The number of anilines is 1. The second kappa shape index (κ2) is 3.75. The van der Waals surface area contributed by atoms with Crippen molar-refractivity contribution in [2.24, 2.45) is 0 Å². The Morgan fingerprint density at radius 3 is 2.93 bits per heavy atom. The highest BCUT2D eigenvalue weighted by atomic mass is 79.9. The van der Waals surface area contributed by atoms with Crippen molar-refractivity contribution in [3.05, 3.63) is 40.9 Å². The van der Waals surface area contributed by atoms with Gasteiger partial charge in [0, 0.05) is 16.9 Å². The summed E-state index contributed by atoms with van der Waals surface area (Å²) in [4.78, 5) is 3.91. The molecule has 4 nitrogen and oxygen atoms in total. The Morgan fingerprint density at radius 1 is 1.47 bits per heavy atom. The van der Waals surface area contributed by atoms with E-state index >= 15 is 0 Å². The van der Waals surface area contributed by atoms with E-state index in [1.54, 1.807) is 23.0 Å². The van der Waals surface area contributed by atoms with Crippen LogP contribution < -0.4 is 5.73 Å². The largest absolute Gasteiger partial charge is 0.397 e. The van der Waals surface area contributed by atoms with Gasteiger partial charge in [0.1, 0.15) is 6.07 Å². The zero-order chi connectivity index (χ0) is 10.8. The summed E-state index contributed by atoms with van der Waals surface area (Å²) in [5.74, 6) is 0.323. The van der Waals surface area contributed by atoms with Gasteiger partial charge >= 0.3 is 0 Å². The normalized spacial score (nSPS) is 9.87. The molecule has 0 saturated carbocycles. The number of nitriles is 1. The number of nitrogen functional groups attached to an aromatic ring is 1. The highest BCUT2D eigenvalue weighted by molar-refractivity contribution is 9.10. The molecule has 2 aromatic rings. The third-order valence-corrected chi connectivity index (χ3v) is 2.48. The lowest BCUT2D eigenvalue weighted by Crippen LogP contribution is -2.01. The van der Waals surface area contributed by atoms with Gasteiger partial charge in [0.15, 0.2) is 0 Å². The average Bonchev–Trinajstić information content (AvgIpc) is 2.65. The summed E-state index contributed by atoms with van der Waals surface area (Å²) in [5, 5.41) is 8.83. The van der Waals surface area contributed by atoms with Gasteiger partial charge in [0.25, 0.3) is 0 Å². The topological polar surface area (TPSA) is 67.6 Å². The van der Waals surface area contributed by atoms with Crippen molar-refractivity contribution < 1.29 is 0 Å². The summed E-state index contributed by atoms with van der Waals surface area (Å²) in [6.07, 6.45) is 3.28. The fourth-order valence-corrected chi connectivity index (χ4v) is 1.70. The molecule has 0 aliphatic heterocycles. The quantitative estimate of drug-likeness (QED) is 0.801. The van der Waals surface area contributed by atoms with E-state index in [1.165, 1.54) is 0 Å². The van der Waals surface area contributed by atoms with Crippen molar-refractivity contribution in [3.8, 4) is 11.8 Å². The van der Waals surface area contributed by atoms with Crippen LogP contribution in [0.3, 0.4) is 0 Å². The Bertz CT molecular complexity index is 539. The van der Waals surface area contributed by atoms with E-state index in [0.717, 1.165) is 10.2 Å². The van der Waals surface area contributed by atoms with Crippen LogP contribution in [0.2, 0.25) is 0 Å². The fraction of sp³-hybridized carbons (Fsp3) is 0. The first-order valence-electron chi connectivity index (χ1n) is 4.21. The third kappa shape index (κ3) is 1.72. The molecule has 0 radical (unpaired) electrons. The number of hydrogen-bond acceptors (Lipinski definition) is 3. The van der Waals surface area contributed by atoms with E-state index in [0.29, 0.717) is 11.5 Å². The van der Waals surface area contributed by atoms with Crippen molar-refractivity contribution in [1.29, 1.82) is 5.26 Å². The maximum atomic E-state index is 8.83. The molecule has 74 valence electrons. The minimum absolute atomic E-state index is 0.323. The van der Waals surface area contributed by atoms with Crippen molar-refractivity contribution in [2.75, 3.05) is 5.73 Å². The highest BCUT2D eigenvalue weighted by Crippen LogP contribution is 2.22. The predicted octanol–water partition coefficient (Wildman–Crippen LogP) is 2.09. The van der Waals surface area contributed by atoms with Crippen molar-refractivity contribution in [3.63, 3.8) is 0 Å². The molecule has 2 rings (SSSR count). The van der Waals surface area contributed by atoms with E-state index in [-0.39, 0.29) is 0 Å². The minimum atomic E-state index is 0.323. The predicted molar refractivity (Wildman–Crippen MR) is 60.4 cm³/mol. The summed E-state index contributed by atoms with van der Waals surface area (Å²) in [5.41, 5.74) is 7.20. The molecule has 1 heterocycles. The first-order chi connectivity index (χ1) is 7.22. The fourth-order valence-electron chi connectivity index (χ4n) is 1.33. The molecule has 0 atom stereocenters. The molecule has 1 aromatic heterocycles. The van der Waals surface area contributed by atoms with Crippen LogP contribution in [0.1, 0.15) is 5.82 Å². The maximum absolute atomic E-state index is 8.83. The Balaban J connectivity index is 2.60. The monoisotopic (exact) mass is 262 g/mol. The van der Waals surface area contributed by atoms with Gasteiger partial charge in [-0.05, 0) is 18.2 Å². The van der Waals surface area contributed by atoms with Crippen molar-refractivity contribution >= 4 is 21.6 Å². The zero-order valence-corrected chi connectivity index (χ0v) is 9.27. The number of nitrogens with two attached hydrogens (primary N) is 1. The smallest absolute Gasteiger partial charge is 0.217 e. The van der Waals surface area contributed by atoms with Crippen LogP contribution in [-0.2, 0) is 0 Å². The molecule has 0 unspecified atom stereocenters. The number of imidazole rings is 1. The second-order valence-electron chi connectivity index (χ2n) is 2.94. The van der Waals surface area contributed by atoms with E-state index < -0.39 is 0 Å². The summed E-state index contributed by atoms with van der Waals surface area (Å²) < 4.78 is 2.56. The molecule has 0 saturated heterocycles. The molecule has 15 heavy (non-hydrogen) atoms. The average molecular weight is 263 g/mol. The van der Waals surface area contributed by atoms with Crippen molar-refractivity contribution in [1.82, 2.24) is 9.55 Å². The van der Waals surface area contributed by atoms with Gasteiger partial charge in [0.05, 0.1) is 11.4 Å². The van der Waals surface area contributed by atoms with Crippen molar-refractivity contribution in [2.45, 2.75) is 0 Å². The molecule has 0 amide bonds. The van der Waals surface area contributed by atoms with Gasteiger partial charge in [-0.2, -0.15) is 5.26 Å². The molecule has 0 aliphatic carbocycles. The summed E-state index contributed by atoms with van der Waals surface area (Å²) in [6, 6.07) is 7.49. The molecule has 1 aromatic carbocycles. The maximum Gasteiger partial charge on any atom is 0.217 e. The van der Waals surface area contributed by atoms with Crippen LogP contribution in [0.25, 0.3) is 5.69 Å². The Labute approximate surface area is 95.1 Å². The van der Waals surface area contributed by atoms with Gasteiger partial charge in [0.2, 0.25) is 5.82 Å². The second-order valence-corrected chi connectivity index (χ2v) is 3.85. The van der Waals surface area contributed by atoms with Crippen LogP contribution in [0.15, 0.2) is 35.1 Å². The number of benzene rings is 1. The van der Waals surface area contributed by atoms with Gasteiger partial charge in [-0.15, -0.1) is 0 Å². The number of aromatic nitrogens is 2. The standard InChI is InChI=1S/C10H7BrN4/c11-7-1-2-9(8(13)5-7)15-4-3-14-10(15)6-12/h1-5H,13H2. The van der Waals surface area contributed by atoms with E-state index in [4.69, 9.17) is 11.0 Å². The minimum Gasteiger partial charge on any atom is -0.397 e. The number of rotatable bonds is 1. The number of hydrogen-bond donors (Lipinski definition) is 1.